The second-order valence-electron chi connectivity index (χ2n) is 4.43. The van der Waals surface area contributed by atoms with Crippen molar-refractivity contribution >= 4 is 32.8 Å². The van der Waals surface area contributed by atoms with E-state index in [4.69, 9.17) is 0 Å². The van der Waals surface area contributed by atoms with Crippen LogP contribution < -0.4 is 5.32 Å². The molecular formula is C14H14BrN5. The first-order chi connectivity index (χ1) is 9.70. The number of hydrogen-bond acceptors (Lipinski definition) is 4. The summed E-state index contributed by atoms with van der Waals surface area (Å²) in [4.78, 5) is 8.68. The zero-order valence-corrected chi connectivity index (χ0v) is 12.8. The van der Waals surface area contributed by atoms with Gasteiger partial charge in [-0.05, 0) is 32.0 Å². The van der Waals surface area contributed by atoms with Crippen LogP contribution in [-0.2, 0) is 0 Å². The number of rotatable bonds is 3. The fraction of sp³-hybridized carbons (Fsp3) is 0.214. The lowest BCUT2D eigenvalue weighted by Crippen LogP contribution is -2.01. The van der Waals surface area contributed by atoms with Crippen molar-refractivity contribution in [1.82, 2.24) is 19.7 Å². The van der Waals surface area contributed by atoms with Crippen molar-refractivity contribution in [3.8, 4) is 5.69 Å². The number of anilines is 1. The van der Waals surface area contributed by atoms with Crippen molar-refractivity contribution in [3.05, 3.63) is 40.8 Å². The van der Waals surface area contributed by atoms with Crippen molar-refractivity contribution in [2.75, 3.05) is 11.9 Å². The van der Waals surface area contributed by atoms with Crippen molar-refractivity contribution < 1.29 is 0 Å². The summed E-state index contributed by atoms with van der Waals surface area (Å²) in [7, 11) is 0. The molecule has 0 spiro atoms. The van der Waals surface area contributed by atoms with Gasteiger partial charge in [0.1, 0.15) is 12.1 Å². The molecule has 3 rings (SSSR count). The highest BCUT2D eigenvalue weighted by molar-refractivity contribution is 9.10. The molecule has 0 radical (unpaired) electrons. The Morgan fingerprint density at radius 3 is 2.90 bits per heavy atom. The Hall–Kier alpha value is -1.95. The quantitative estimate of drug-likeness (QED) is 0.799. The number of nitrogens with zero attached hydrogens (tertiary/aromatic N) is 4. The Balaban J connectivity index is 2.25. The van der Waals surface area contributed by atoms with Crippen LogP contribution in [0.25, 0.3) is 16.7 Å². The van der Waals surface area contributed by atoms with Crippen LogP contribution >= 0.6 is 15.9 Å². The molecule has 102 valence electrons. The van der Waals surface area contributed by atoms with Crippen LogP contribution in [0.4, 0.5) is 5.82 Å². The van der Waals surface area contributed by atoms with Gasteiger partial charge in [-0.3, -0.25) is 0 Å². The second-order valence-corrected chi connectivity index (χ2v) is 5.34. The SMILES string of the molecule is CCNc1ncnc2c1c(C)nn2-c1cccc(Br)c1. The minimum atomic E-state index is 0.812. The van der Waals surface area contributed by atoms with E-state index in [2.05, 4.69) is 36.3 Å². The summed E-state index contributed by atoms with van der Waals surface area (Å²) in [6.07, 6.45) is 1.57. The standard InChI is InChI=1S/C14H14BrN5/c1-3-16-13-12-9(2)19-20(14(12)18-8-17-13)11-6-4-5-10(15)7-11/h4-8H,3H2,1-2H3,(H,16,17,18). The average molecular weight is 332 g/mol. The Morgan fingerprint density at radius 1 is 1.30 bits per heavy atom. The third-order valence-corrected chi connectivity index (χ3v) is 3.53. The first-order valence-corrected chi connectivity index (χ1v) is 7.20. The summed E-state index contributed by atoms with van der Waals surface area (Å²) < 4.78 is 2.86. The summed E-state index contributed by atoms with van der Waals surface area (Å²) in [5.74, 6) is 0.830. The molecule has 0 saturated carbocycles. The van der Waals surface area contributed by atoms with Gasteiger partial charge in [0.2, 0.25) is 0 Å². The minimum absolute atomic E-state index is 0.812. The van der Waals surface area contributed by atoms with E-state index in [0.29, 0.717) is 0 Å². The predicted molar refractivity (Wildman–Crippen MR) is 83.3 cm³/mol. The molecule has 2 heterocycles. The molecule has 0 aliphatic heterocycles. The van der Waals surface area contributed by atoms with Crippen LogP contribution in [-0.4, -0.2) is 26.3 Å². The zero-order chi connectivity index (χ0) is 14.1. The van der Waals surface area contributed by atoms with Crippen molar-refractivity contribution in [2.45, 2.75) is 13.8 Å². The number of nitrogens with one attached hydrogen (secondary N) is 1. The largest absolute Gasteiger partial charge is 0.370 e. The molecule has 0 aliphatic carbocycles. The van der Waals surface area contributed by atoms with Gasteiger partial charge in [-0.1, -0.05) is 22.0 Å². The van der Waals surface area contributed by atoms with Crippen molar-refractivity contribution in [1.29, 1.82) is 0 Å². The lowest BCUT2D eigenvalue weighted by molar-refractivity contribution is 0.876. The Bertz CT molecular complexity index is 765. The van der Waals surface area contributed by atoms with Crippen LogP contribution in [0.15, 0.2) is 35.1 Å². The molecule has 0 aliphatic rings. The molecule has 1 aromatic carbocycles. The first kappa shape index (κ1) is 13.1. The average Bonchev–Trinajstić information content (AvgIpc) is 2.78. The lowest BCUT2D eigenvalue weighted by atomic mass is 10.3. The number of hydrogen-bond donors (Lipinski definition) is 1. The number of aromatic nitrogens is 4. The van der Waals surface area contributed by atoms with E-state index in [0.717, 1.165) is 39.3 Å². The van der Waals surface area contributed by atoms with Gasteiger partial charge in [-0.2, -0.15) is 5.10 Å². The minimum Gasteiger partial charge on any atom is -0.370 e. The highest BCUT2D eigenvalue weighted by Gasteiger charge is 2.14. The first-order valence-electron chi connectivity index (χ1n) is 6.41. The van der Waals surface area contributed by atoms with Crippen molar-refractivity contribution in [2.24, 2.45) is 0 Å². The molecule has 0 atom stereocenters. The highest BCUT2D eigenvalue weighted by Crippen LogP contribution is 2.26. The molecule has 0 amide bonds. The van der Waals surface area contributed by atoms with Gasteiger partial charge in [0.15, 0.2) is 5.65 Å². The Labute approximate surface area is 125 Å². The molecule has 0 saturated heterocycles. The van der Waals surface area contributed by atoms with E-state index in [1.165, 1.54) is 0 Å². The molecule has 6 heteroatoms. The number of fused-ring (bicyclic) bond motifs is 1. The number of benzene rings is 1. The predicted octanol–water partition coefficient (Wildman–Crippen LogP) is 3.32. The fourth-order valence-electron chi connectivity index (χ4n) is 2.21. The molecule has 0 unspecified atom stereocenters. The maximum absolute atomic E-state index is 4.60. The monoisotopic (exact) mass is 331 g/mol. The van der Waals surface area contributed by atoms with Crippen LogP contribution in [0, 0.1) is 6.92 Å². The van der Waals surface area contributed by atoms with E-state index >= 15 is 0 Å². The normalized spacial score (nSPS) is 10.9. The summed E-state index contributed by atoms with van der Waals surface area (Å²) in [6, 6.07) is 7.99. The number of aryl methyl sites for hydroxylation is 1. The van der Waals surface area contributed by atoms with E-state index in [1.807, 2.05) is 42.8 Å². The summed E-state index contributed by atoms with van der Waals surface area (Å²) >= 11 is 3.48. The molecule has 0 bridgehead atoms. The van der Waals surface area contributed by atoms with Gasteiger partial charge in [0, 0.05) is 11.0 Å². The maximum atomic E-state index is 4.60. The fourth-order valence-corrected chi connectivity index (χ4v) is 2.59. The molecule has 20 heavy (non-hydrogen) atoms. The maximum Gasteiger partial charge on any atom is 0.168 e. The summed E-state index contributed by atoms with van der Waals surface area (Å²) in [6.45, 7) is 4.83. The Morgan fingerprint density at radius 2 is 2.15 bits per heavy atom. The van der Waals surface area contributed by atoms with Crippen LogP contribution in [0.3, 0.4) is 0 Å². The third kappa shape index (κ3) is 2.16. The molecule has 1 N–H and O–H groups in total. The molecule has 3 aromatic rings. The van der Waals surface area contributed by atoms with Gasteiger partial charge in [0.05, 0.1) is 16.8 Å². The number of halogens is 1. The highest BCUT2D eigenvalue weighted by atomic mass is 79.9. The van der Waals surface area contributed by atoms with E-state index < -0.39 is 0 Å². The molecule has 5 nitrogen and oxygen atoms in total. The van der Waals surface area contributed by atoms with E-state index in [1.54, 1.807) is 6.33 Å². The Kier molecular flexibility index (Phi) is 3.40. The second kappa shape index (κ2) is 5.20. The molecule has 0 fully saturated rings. The topological polar surface area (TPSA) is 55.6 Å². The van der Waals surface area contributed by atoms with Gasteiger partial charge in [-0.25, -0.2) is 14.6 Å². The smallest absolute Gasteiger partial charge is 0.168 e. The molecular weight excluding hydrogens is 318 g/mol. The van der Waals surface area contributed by atoms with Crippen LogP contribution in [0.5, 0.6) is 0 Å². The van der Waals surface area contributed by atoms with Crippen LogP contribution in [0.1, 0.15) is 12.6 Å². The third-order valence-electron chi connectivity index (χ3n) is 3.04. The summed E-state index contributed by atoms with van der Waals surface area (Å²) in [5.41, 5.74) is 2.70. The van der Waals surface area contributed by atoms with Gasteiger partial charge < -0.3 is 5.32 Å². The van der Waals surface area contributed by atoms with Crippen LogP contribution in [0.2, 0.25) is 0 Å². The van der Waals surface area contributed by atoms with Gasteiger partial charge >= 0.3 is 0 Å². The van der Waals surface area contributed by atoms with Crippen molar-refractivity contribution in [3.63, 3.8) is 0 Å². The van der Waals surface area contributed by atoms with E-state index in [-0.39, 0.29) is 0 Å². The zero-order valence-electron chi connectivity index (χ0n) is 11.3. The lowest BCUT2D eigenvalue weighted by Gasteiger charge is -2.05. The van der Waals surface area contributed by atoms with Gasteiger partial charge in [0.25, 0.3) is 0 Å². The summed E-state index contributed by atoms with van der Waals surface area (Å²) in [5, 5.41) is 8.82. The van der Waals surface area contributed by atoms with E-state index in [9.17, 15) is 0 Å². The van der Waals surface area contributed by atoms with Gasteiger partial charge in [-0.15, -0.1) is 0 Å². The molecule has 2 aromatic heterocycles.